The fraction of sp³-hybridized carbons (Fsp3) is 0.429. The molecule has 0 bridgehead atoms. The molecule has 24 heavy (non-hydrogen) atoms. The Bertz CT molecular complexity index is 647. The maximum atomic E-state index is 12.2. The molecule has 0 spiro atoms. The van der Waals surface area contributed by atoms with Crippen LogP contribution in [0, 0.1) is 0 Å². The van der Waals surface area contributed by atoms with Crippen LogP contribution in [0.3, 0.4) is 0 Å². The monoisotopic (exact) mass is 337 g/mol. The Morgan fingerprint density at radius 2 is 2.00 bits per heavy atom. The third kappa shape index (κ3) is 3.63. The fourth-order valence-corrected chi connectivity index (χ4v) is 2.32. The molecule has 2 N–H and O–H groups in total. The van der Waals surface area contributed by atoms with Gasteiger partial charge in [-0.05, 0) is 17.7 Å². The molecule has 0 amide bonds. The largest absolute Gasteiger partial charge is 0.479 e. The lowest BCUT2D eigenvalue weighted by molar-refractivity contribution is -0.261. The molecule has 1 aliphatic heterocycles. The van der Waals surface area contributed by atoms with Crippen LogP contribution in [0.1, 0.15) is 10.4 Å². The van der Waals surface area contributed by atoms with Gasteiger partial charge in [-0.3, -0.25) is 0 Å². The topological polar surface area (TPSA) is 151 Å². The highest BCUT2D eigenvalue weighted by Gasteiger charge is 2.50. The van der Waals surface area contributed by atoms with Gasteiger partial charge in [0.15, 0.2) is 18.5 Å². The first-order chi connectivity index (χ1) is 11.5. The maximum absolute atomic E-state index is 12.2. The first-order valence-corrected chi connectivity index (χ1v) is 6.89. The molecule has 5 atom stereocenters. The average molecular weight is 337 g/mol. The van der Waals surface area contributed by atoms with Gasteiger partial charge in [0.2, 0.25) is 0 Å². The Hall–Kier alpha value is -2.65. The number of carboxylic acids is 1. The van der Waals surface area contributed by atoms with Gasteiger partial charge in [-0.15, -0.1) is 0 Å². The van der Waals surface area contributed by atoms with Crippen LogP contribution in [0.5, 0.6) is 0 Å². The number of esters is 1. The summed E-state index contributed by atoms with van der Waals surface area (Å²) in [6.45, 7) is 0. The molecule has 10 heteroatoms. The standard InChI is InChI=1S/C14H15N3O7/c1-22-14-10(23-13(21)7-5-3-2-4-6-7)8(16-17-15)9(18)11(24-14)12(19)20/h2-6,8-11,14,18H,1H3,(H,19,20)/t8-,9+,10-,11+,14+/m1/s1. The smallest absolute Gasteiger partial charge is 0.338 e. The Kier molecular flexibility index (Phi) is 5.72. The summed E-state index contributed by atoms with van der Waals surface area (Å²) >= 11 is 0. The molecule has 128 valence electrons. The molecule has 0 saturated carbocycles. The molecule has 0 radical (unpaired) electrons. The molecule has 1 aliphatic rings. The second kappa shape index (κ2) is 7.75. The minimum Gasteiger partial charge on any atom is -0.479 e. The second-order valence-corrected chi connectivity index (χ2v) is 4.92. The number of hydrogen-bond donors (Lipinski definition) is 2. The number of hydrogen-bond acceptors (Lipinski definition) is 7. The maximum Gasteiger partial charge on any atom is 0.338 e. The van der Waals surface area contributed by atoms with Crippen molar-refractivity contribution < 1.29 is 34.0 Å². The minimum atomic E-state index is -1.71. The molecule has 1 fully saturated rings. The first-order valence-electron chi connectivity index (χ1n) is 6.89. The number of azide groups is 1. The van der Waals surface area contributed by atoms with Gasteiger partial charge in [0.05, 0.1) is 5.56 Å². The molecule has 1 heterocycles. The number of aliphatic hydroxyl groups is 1. The van der Waals surface area contributed by atoms with Crippen molar-refractivity contribution in [2.24, 2.45) is 5.11 Å². The molecule has 1 aromatic rings. The lowest BCUT2D eigenvalue weighted by Crippen LogP contribution is -2.60. The number of methoxy groups -OCH3 is 1. The summed E-state index contributed by atoms with van der Waals surface area (Å²) in [4.78, 5) is 25.9. The lowest BCUT2D eigenvalue weighted by atomic mass is 9.96. The van der Waals surface area contributed by atoms with Crippen LogP contribution in [0.25, 0.3) is 10.4 Å². The second-order valence-electron chi connectivity index (χ2n) is 4.92. The highest BCUT2D eigenvalue weighted by molar-refractivity contribution is 5.89. The lowest BCUT2D eigenvalue weighted by Gasteiger charge is -2.40. The number of carbonyl (C=O) groups is 2. The van der Waals surface area contributed by atoms with Crippen molar-refractivity contribution in [3.63, 3.8) is 0 Å². The summed E-state index contributed by atoms with van der Waals surface area (Å²) in [5, 5.41) is 22.5. The van der Waals surface area contributed by atoms with Crippen LogP contribution in [-0.4, -0.2) is 59.9 Å². The Morgan fingerprint density at radius 1 is 1.33 bits per heavy atom. The zero-order valence-corrected chi connectivity index (χ0v) is 12.6. The van der Waals surface area contributed by atoms with Crippen molar-refractivity contribution in [3.8, 4) is 0 Å². The summed E-state index contributed by atoms with van der Waals surface area (Å²) in [7, 11) is 1.21. The third-order valence-electron chi connectivity index (χ3n) is 3.46. The highest BCUT2D eigenvalue weighted by Crippen LogP contribution is 2.27. The Morgan fingerprint density at radius 3 is 2.54 bits per heavy atom. The van der Waals surface area contributed by atoms with Crippen molar-refractivity contribution in [1.82, 2.24) is 0 Å². The van der Waals surface area contributed by atoms with E-state index in [9.17, 15) is 14.7 Å². The third-order valence-corrected chi connectivity index (χ3v) is 3.46. The molecule has 0 aliphatic carbocycles. The van der Waals surface area contributed by atoms with Crippen molar-refractivity contribution in [2.75, 3.05) is 7.11 Å². The van der Waals surface area contributed by atoms with Crippen molar-refractivity contribution in [3.05, 3.63) is 46.3 Å². The zero-order chi connectivity index (χ0) is 17.7. The molecule has 1 aromatic carbocycles. The van der Waals surface area contributed by atoms with Gasteiger partial charge < -0.3 is 24.4 Å². The summed E-state index contributed by atoms with van der Waals surface area (Å²) in [6, 6.07) is 6.59. The fourth-order valence-electron chi connectivity index (χ4n) is 2.32. The quantitative estimate of drug-likeness (QED) is 0.347. The predicted molar refractivity (Wildman–Crippen MR) is 77.9 cm³/mol. The molecule has 0 aromatic heterocycles. The van der Waals surface area contributed by atoms with Gasteiger partial charge >= 0.3 is 11.9 Å². The van der Waals surface area contributed by atoms with Gasteiger partial charge in [-0.1, -0.05) is 23.3 Å². The van der Waals surface area contributed by atoms with Gasteiger partial charge in [0, 0.05) is 12.0 Å². The zero-order valence-electron chi connectivity index (χ0n) is 12.6. The van der Waals surface area contributed by atoms with Crippen LogP contribution in [0.2, 0.25) is 0 Å². The molecular formula is C14H15N3O7. The first kappa shape index (κ1) is 17.7. The number of nitrogens with zero attached hydrogens (tertiary/aromatic N) is 3. The van der Waals surface area contributed by atoms with Crippen molar-refractivity contribution >= 4 is 11.9 Å². The molecule has 10 nitrogen and oxygen atoms in total. The van der Waals surface area contributed by atoms with Gasteiger partial charge in [0.25, 0.3) is 0 Å². The van der Waals surface area contributed by atoms with Gasteiger partial charge in [-0.25, -0.2) is 9.59 Å². The average Bonchev–Trinajstić information content (AvgIpc) is 2.58. The number of carbonyl (C=O) groups excluding carboxylic acids is 1. The van der Waals surface area contributed by atoms with E-state index in [1.54, 1.807) is 18.2 Å². The van der Waals surface area contributed by atoms with Crippen LogP contribution >= 0.6 is 0 Å². The SMILES string of the molecule is CO[C@H]1O[C@H](C(=O)O)[C@@H](O)[C@@H](N=[N+]=[N-])[C@H]1OC(=O)c1ccccc1. The van der Waals surface area contributed by atoms with Gasteiger partial charge in [-0.2, -0.15) is 0 Å². The summed E-state index contributed by atoms with van der Waals surface area (Å²) in [6.07, 6.45) is -6.03. The summed E-state index contributed by atoms with van der Waals surface area (Å²) in [5.41, 5.74) is 8.89. The van der Waals surface area contributed by atoms with E-state index in [1.807, 2.05) is 0 Å². The minimum absolute atomic E-state index is 0.224. The number of rotatable bonds is 5. The predicted octanol–water partition coefficient (Wildman–Crippen LogP) is 0.708. The number of ether oxygens (including phenoxy) is 3. The van der Waals surface area contributed by atoms with E-state index in [1.165, 1.54) is 19.2 Å². The van der Waals surface area contributed by atoms with E-state index in [-0.39, 0.29) is 5.56 Å². The van der Waals surface area contributed by atoms with E-state index in [0.717, 1.165) is 0 Å². The Balaban J connectivity index is 2.28. The number of benzene rings is 1. The van der Waals surface area contributed by atoms with Crippen LogP contribution < -0.4 is 0 Å². The van der Waals surface area contributed by atoms with Gasteiger partial charge in [0.1, 0.15) is 12.1 Å². The highest BCUT2D eigenvalue weighted by atomic mass is 16.7. The van der Waals surface area contributed by atoms with Crippen LogP contribution in [-0.2, 0) is 19.0 Å². The number of aliphatic carboxylic acids is 1. The van der Waals surface area contributed by atoms with Crippen molar-refractivity contribution in [2.45, 2.75) is 30.6 Å². The molecule has 1 saturated heterocycles. The number of carboxylic acid groups (broad SMARTS) is 1. The molecule has 0 unspecified atom stereocenters. The Labute approximate surface area is 136 Å². The van der Waals surface area contributed by atoms with E-state index < -0.39 is 42.6 Å². The summed E-state index contributed by atoms with van der Waals surface area (Å²) < 4.78 is 15.3. The normalized spacial score (nSPS) is 29.3. The van der Waals surface area contributed by atoms with E-state index >= 15 is 0 Å². The molecular weight excluding hydrogens is 322 g/mol. The van der Waals surface area contributed by atoms with Crippen LogP contribution in [0.15, 0.2) is 35.4 Å². The molecule has 2 rings (SSSR count). The van der Waals surface area contributed by atoms with E-state index in [2.05, 4.69) is 10.0 Å². The van der Waals surface area contributed by atoms with E-state index in [0.29, 0.717) is 0 Å². The van der Waals surface area contributed by atoms with Crippen molar-refractivity contribution in [1.29, 1.82) is 0 Å². The number of aliphatic hydroxyl groups excluding tert-OH is 1. The van der Waals surface area contributed by atoms with E-state index in [4.69, 9.17) is 24.8 Å². The van der Waals surface area contributed by atoms with Crippen LogP contribution in [0.4, 0.5) is 0 Å². The summed E-state index contributed by atoms with van der Waals surface area (Å²) in [5.74, 6) is -2.22.